The van der Waals surface area contributed by atoms with Gasteiger partial charge in [0.05, 0.1) is 42.1 Å². The van der Waals surface area contributed by atoms with E-state index in [1.807, 2.05) is 60.0 Å². The predicted octanol–water partition coefficient (Wildman–Crippen LogP) is 5.18. The highest BCUT2D eigenvalue weighted by atomic mass is 32.2. The average molecular weight is 491 g/mol. The molecule has 7 nitrogen and oxygen atoms in total. The van der Waals surface area contributed by atoms with Crippen LogP contribution < -0.4 is 9.47 Å². The summed E-state index contributed by atoms with van der Waals surface area (Å²) in [5.41, 5.74) is 2.70. The van der Waals surface area contributed by atoms with Crippen LogP contribution in [0.5, 0.6) is 11.5 Å². The molecule has 5 rings (SSSR count). The molecule has 3 heterocycles. The molecule has 2 aromatic heterocycles. The molecule has 34 heavy (non-hydrogen) atoms. The van der Waals surface area contributed by atoms with Crippen LogP contribution in [0.15, 0.2) is 76.4 Å². The zero-order valence-corrected chi connectivity index (χ0v) is 20.3. The van der Waals surface area contributed by atoms with Gasteiger partial charge in [0.15, 0.2) is 11.5 Å². The molecule has 0 unspecified atom stereocenters. The third kappa shape index (κ3) is 4.36. The molecule has 0 fully saturated rings. The fraction of sp³-hybridized carbons (Fsp3) is 0.200. The van der Waals surface area contributed by atoms with Gasteiger partial charge in [0.2, 0.25) is 0 Å². The summed E-state index contributed by atoms with van der Waals surface area (Å²) in [6.07, 6.45) is 2.16. The number of rotatable bonds is 7. The quantitative estimate of drug-likeness (QED) is 0.262. The van der Waals surface area contributed by atoms with Crippen molar-refractivity contribution < 1.29 is 14.3 Å². The summed E-state index contributed by atoms with van der Waals surface area (Å²) in [7, 11) is 3.21. The van der Waals surface area contributed by atoms with Crippen LogP contribution >= 0.6 is 23.1 Å². The number of hydrogen-bond acceptors (Lipinski definition) is 8. The molecule has 1 aliphatic heterocycles. The summed E-state index contributed by atoms with van der Waals surface area (Å²) in [6, 6.07) is 17.3. The molecule has 9 heteroatoms. The van der Waals surface area contributed by atoms with E-state index in [4.69, 9.17) is 14.6 Å². The summed E-state index contributed by atoms with van der Waals surface area (Å²) >= 11 is 3.02. The van der Waals surface area contributed by atoms with Crippen LogP contribution in [0, 0.1) is 0 Å². The first-order valence-electron chi connectivity index (χ1n) is 10.7. The summed E-state index contributed by atoms with van der Waals surface area (Å²) in [5.74, 6) is 1.40. The first kappa shape index (κ1) is 22.4. The Kier molecular flexibility index (Phi) is 6.46. The van der Waals surface area contributed by atoms with Crippen molar-refractivity contribution in [2.45, 2.75) is 17.5 Å². The predicted molar refractivity (Wildman–Crippen MR) is 135 cm³/mol. The Hall–Kier alpha value is -3.43. The lowest BCUT2D eigenvalue weighted by molar-refractivity contribution is -0.130. The number of amides is 1. The van der Waals surface area contributed by atoms with Crippen molar-refractivity contribution in [1.29, 1.82) is 0 Å². The van der Waals surface area contributed by atoms with E-state index < -0.39 is 0 Å². The van der Waals surface area contributed by atoms with Gasteiger partial charge in [-0.25, -0.2) is 15.0 Å². The molecule has 0 saturated heterocycles. The van der Waals surface area contributed by atoms with Crippen molar-refractivity contribution in [3.8, 4) is 11.5 Å². The Morgan fingerprint density at radius 3 is 2.74 bits per heavy atom. The number of nitrogens with zero attached hydrogens (tertiary/aromatic N) is 4. The Balaban J connectivity index is 1.43. The number of ether oxygens (including phenoxy) is 2. The van der Waals surface area contributed by atoms with Crippen molar-refractivity contribution in [2.24, 2.45) is 5.10 Å². The monoisotopic (exact) mass is 490 g/mol. The molecule has 0 N–H and O–H groups in total. The maximum absolute atomic E-state index is 13.4. The van der Waals surface area contributed by atoms with E-state index in [0.717, 1.165) is 32.1 Å². The molecule has 172 valence electrons. The summed E-state index contributed by atoms with van der Waals surface area (Å²) in [6.45, 7) is 0. The molecule has 0 aliphatic carbocycles. The number of carbonyl (C=O) groups excluding carboxylic acids is 1. The zero-order chi connectivity index (χ0) is 23.5. The third-order valence-electron chi connectivity index (χ3n) is 5.60. The molecule has 1 aliphatic rings. The number of benzene rings is 2. The lowest BCUT2D eigenvalue weighted by Crippen LogP contribution is -2.28. The number of carbonyl (C=O) groups is 1. The van der Waals surface area contributed by atoms with Gasteiger partial charge in [-0.15, -0.1) is 11.3 Å². The highest BCUT2D eigenvalue weighted by molar-refractivity contribution is 8.00. The molecular weight excluding hydrogens is 468 g/mol. The van der Waals surface area contributed by atoms with E-state index in [9.17, 15) is 4.79 Å². The van der Waals surface area contributed by atoms with E-state index in [1.54, 1.807) is 30.6 Å². The smallest absolute Gasteiger partial charge is 0.253 e. The third-order valence-corrected chi connectivity index (χ3v) is 7.51. The highest BCUT2D eigenvalue weighted by Crippen LogP contribution is 2.38. The molecule has 0 radical (unpaired) electrons. The van der Waals surface area contributed by atoms with E-state index in [1.165, 1.54) is 18.1 Å². The Bertz CT molecular complexity index is 1350. The van der Waals surface area contributed by atoms with Gasteiger partial charge in [0, 0.05) is 11.8 Å². The van der Waals surface area contributed by atoms with E-state index in [0.29, 0.717) is 17.9 Å². The summed E-state index contributed by atoms with van der Waals surface area (Å²) in [4.78, 5) is 23.2. The van der Waals surface area contributed by atoms with Gasteiger partial charge >= 0.3 is 0 Å². The van der Waals surface area contributed by atoms with Crippen molar-refractivity contribution in [3.05, 3.63) is 76.7 Å². The largest absolute Gasteiger partial charge is 0.493 e. The van der Waals surface area contributed by atoms with E-state index in [2.05, 4.69) is 9.97 Å². The van der Waals surface area contributed by atoms with Crippen LogP contribution in [0.2, 0.25) is 0 Å². The standard InChI is InChI=1S/C25H22N4O3S2/c1-31-21-10-9-16(12-22(21)32-2)20-13-19(23-8-5-11-33-23)28-29(20)24(30)14-34-25-17-6-3-4-7-18(17)26-15-27-25/h3-12,15,20H,13-14H2,1-2H3/t20-/m0/s1. The first-order chi connectivity index (χ1) is 16.7. The fourth-order valence-electron chi connectivity index (χ4n) is 3.94. The second-order valence-electron chi connectivity index (χ2n) is 7.58. The van der Waals surface area contributed by atoms with Gasteiger partial charge < -0.3 is 9.47 Å². The van der Waals surface area contributed by atoms with Crippen LogP contribution in [0.3, 0.4) is 0 Å². The topological polar surface area (TPSA) is 76.9 Å². The van der Waals surface area contributed by atoms with E-state index >= 15 is 0 Å². The Labute approximate surface area is 205 Å². The molecular formula is C25H22N4O3S2. The number of fused-ring (bicyclic) bond motifs is 1. The van der Waals surface area contributed by atoms with Gasteiger partial charge in [0.1, 0.15) is 11.4 Å². The van der Waals surface area contributed by atoms with Gasteiger partial charge in [-0.05, 0) is 35.2 Å². The fourth-order valence-corrected chi connectivity index (χ4v) is 5.51. The number of para-hydroxylation sites is 1. The van der Waals surface area contributed by atoms with Crippen molar-refractivity contribution in [2.75, 3.05) is 20.0 Å². The first-order valence-corrected chi connectivity index (χ1v) is 12.5. The number of thiophene rings is 1. The highest BCUT2D eigenvalue weighted by Gasteiger charge is 2.34. The number of methoxy groups -OCH3 is 2. The minimum Gasteiger partial charge on any atom is -0.493 e. The zero-order valence-electron chi connectivity index (χ0n) is 18.7. The van der Waals surface area contributed by atoms with Crippen LogP contribution in [0.4, 0.5) is 0 Å². The van der Waals surface area contributed by atoms with Gasteiger partial charge in [-0.3, -0.25) is 4.79 Å². The van der Waals surface area contributed by atoms with Gasteiger partial charge in [-0.2, -0.15) is 5.10 Å². The molecule has 0 saturated carbocycles. The van der Waals surface area contributed by atoms with Crippen LogP contribution in [-0.2, 0) is 4.79 Å². The van der Waals surface area contributed by atoms with Crippen molar-refractivity contribution in [3.63, 3.8) is 0 Å². The maximum Gasteiger partial charge on any atom is 0.253 e. The SMILES string of the molecule is COc1ccc([C@@H]2CC(c3cccs3)=NN2C(=O)CSc2ncnc3ccccc23)cc1OC. The second kappa shape index (κ2) is 9.82. The number of aromatic nitrogens is 2. The molecule has 4 aromatic rings. The van der Waals surface area contributed by atoms with E-state index in [-0.39, 0.29) is 17.7 Å². The van der Waals surface area contributed by atoms with Crippen molar-refractivity contribution >= 4 is 45.6 Å². The minimum absolute atomic E-state index is 0.0842. The molecule has 1 amide bonds. The van der Waals surface area contributed by atoms with Crippen LogP contribution in [0.1, 0.15) is 22.9 Å². The maximum atomic E-state index is 13.4. The number of thioether (sulfide) groups is 1. The van der Waals surface area contributed by atoms with Crippen molar-refractivity contribution in [1.82, 2.24) is 15.0 Å². The average Bonchev–Trinajstić information content (AvgIpc) is 3.57. The lowest BCUT2D eigenvalue weighted by Gasteiger charge is -2.23. The normalized spacial score (nSPS) is 15.4. The number of hydrogen-bond donors (Lipinski definition) is 0. The molecule has 0 bridgehead atoms. The van der Waals surface area contributed by atoms with Gasteiger partial charge in [-0.1, -0.05) is 42.1 Å². The van der Waals surface area contributed by atoms with Crippen LogP contribution in [-0.4, -0.2) is 46.6 Å². The van der Waals surface area contributed by atoms with Gasteiger partial charge in [0.25, 0.3) is 5.91 Å². The molecule has 1 atom stereocenters. The van der Waals surface area contributed by atoms with Crippen LogP contribution in [0.25, 0.3) is 10.9 Å². The summed E-state index contributed by atoms with van der Waals surface area (Å²) in [5, 5.41) is 10.1. The number of hydrazone groups is 1. The minimum atomic E-state index is -0.229. The molecule has 2 aromatic carbocycles. The Morgan fingerprint density at radius 1 is 1.09 bits per heavy atom. The summed E-state index contributed by atoms with van der Waals surface area (Å²) < 4.78 is 10.9. The second-order valence-corrected chi connectivity index (χ2v) is 9.49. The Morgan fingerprint density at radius 2 is 1.94 bits per heavy atom. The lowest BCUT2D eigenvalue weighted by atomic mass is 10.0. The molecule has 0 spiro atoms.